The van der Waals surface area contributed by atoms with Crippen molar-refractivity contribution in [3.8, 4) is 0 Å². The van der Waals surface area contributed by atoms with E-state index in [4.69, 9.17) is 4.74 Å². The largest absolute Gasteiger partial charge is 0.374 e. The van der Waals surface area contributed by atoms with Crippen LogP contribution in [0, 0.1) is 11.8 Å². The highest BCUT2D eigenvalue weighted by Crippen LogP contribution is 2.14. The van der Waals surface area contributed by atoms with E-state index >= 15 is 0 Å². The fourth-order valence-electron chi connectivity index (χ4n) is 3.50. The fraction of sp³-hybridized carbons (Fsp3) is 1.00. The Morgan fingerprint density at radius 2 is 2.00 bits per heavy atom. The van der Waals surface area contributed by atoms with Gasteiger partial charge < -0.3 is 15.0 Å². The minimum absolute atomic E-state index is 0.397. The van der Waals surface area contributed by atoms with Gasteiger partial charge in [-0.2, -0.15) is 0 Å². The van der Waals surface area contributed by atoms with Gasteiger partial charge in [-0.3, -0.25) is 4.90 Å². The molecule has 0 aromatic carbocycles. The van der Waals surface area contributed by atoms with Gasteiger partial charge in [0.1, 0.15) is 0 Å². The SMILES string of the molecule is CC(C)CN1CCOC(CN(C)CC2CCNCC2)C1. The molecule has 0 radical (unpaired) electrons. The molecule has 2 saturated heterocycles. The van der Waals surface area contributed by atoms with Gasteiger partial charge in [0.2, 0.25) is 0 Å². The number of likely N-dealkylation sites (N-methyl/N-ethyl adjacent to an activating group) is 1. The Kier molecular flexibility index (Phi) is 6.75. The number of nitrogens with zero attached hydrogens (tertiary/aromatic N) is 2. The van der Waals surface area contributed by atoms with Crippen LogP contribution in [-0.4, -0.2) is 75.4 Å². The Balaban J connectivity index is 1.68. The van der Waals surface area contributed by atoms with Crippen LogP contribution in [0.3, 0.4) is 0 Å². The lowest BCUT2D eigenvalue weighted by Gasteiger charge is -2.36. The summed E-state index contributed by atoms with van der Waals surface area (Å²) in [5.74, 6) is 1.62. The second kappa shape index (κ2) is 8.32. The van der Waals surface area contributed by atoms with Crippen molar-refractivity contribution in [3.63, 3.8) is 0 Å². The van der Waals surface area contributed by atoms with E-state index < -0.39 is 0 Å². The predicted molar refractivity (Wildman–Crippen MR) is 84.1 cm³/mol. The topological polar surface area (TPSA) is 27.7 Å². The molecule has 0 aliphatic carbocycles. The Bertz CT molecular complexity index is 266. The number of nitrogens with one attached hydrogen (secondary N) is 1. The second-order valence-electron chi connectivity index (χ2n) is 7.06. The smallest absolute Gasteiger partial charge is 0.0829 e. The highest BCUT2D eigenvalue weighted by Gasteiger charge is 2.23. The third kappa shape index (κ3) is 5.68. The van der Waals surface area contributed by atoms with Crippen molar-refractivity contribution in [2.75, 3.05) is 59.5 Å². The summed E-state index contributed by atoms with van der Waals surface area (Å²) >= 11 is 0. The summed E-state index contributed by atoms with van der Waals surface area (Å²) in [6, 6.07) is 0. The molecule has 2 heterocycles. The molecular weight excluding hydrogens is 250 g/mol. The number of ether oxygens (including phenoxy) is 1. The number of morpholine rings is 1. The zero-order chi connectivity index (χ0) is 14.4. The van der Waals surface area contributed by atoms with Crippen LogP contribution >= 0.6 is 0 Å². The van der Waals surface area contributed by atoms with Crippen molar-refractivity contribution in [2.45, 2.75) is 32.8 Å². The van der Waals surface area contributed by atoms with Crippen LogP contribution in [0.15, 0.2) is 0 Å². The second-order valence-corrected chi connectivity index (χ2v) is 7.06. The molecule has 0 aromatic rings. The average Bonchev–Trinajstić information content (AvgIpc) is 2.39. The molecule has 2 fully saturated rings. The minimum atomic E-state index is 0.397. The molecule has 0 aromatic heterocycles. The van der Waals surface area contributed by atoms with Gasteiger partial charge in [0, 0.05) is 32.7 Å². The van der Waals surface area contributed by atoms with E-state index in [9.17, 15) is 0 Å². The minimum Gasteiger partial charge on any atom is -0.374 e. The number of hydrogen-bond donors (Lipinski definition) is 1. The Morgan fingerprint density at radius 1 is 1.25 bits per heavy atom. The molecule has 4 nitrogen and oxygen atoms in total. The van der Waals surface area contributed by atoms with Crippen LogP contribution in [-0.2, 0) is 4.74 Å². The molecular formula is C16H33N3O. The molecule has 118 valence electrons. The molecule has 1 unspecified atom stereocenters. The summed E-state index contributed by atoms with van der Waals surface area (Å²) < 4.78 is 5.95. The predicted octanol–water partition coefficient (Wildman–Crippen LogP) is 1.27. The van der Waals surface area contributed by atoms with Crippen molar-refractivity contribution in [2.24, 2.45) is 11.8 Å². The summed E-state index contributed by atoms with van der Waals surface area (Å²) in [6.07, 6.45) is 3.05. The van der Waals surface area contributed by atoms with Crippen LogP contribution < -0.4 is 5.32 Å². The highest BCUT2D eigenvalue weighted by atomic mass is 16.5. The van der Waals surface area contributed by atoms with Crippen molar-refractivity contribution in [3.05, 3.63) is 0 Å². The van der Waals surface area contributed by atoms with Gasteiger partial charge in [-0.1, -0.05) is 13.8 Å². The molecule has 0 bridgehead atoms. The maximum Gasteiger partial charge on any atom is 0.0829 e. The molecule has 0 spiro atoms. The van der Waals surface area contributed by atoms with Gasteiger partial charge in [0.15, 0.2) is 0 Å². The number of piperidine rings is 1. The van der Waals surface area contributed by atoms with Gasteiger partial charge in [-0.25, -0.2) is 0 Å². The van der Waals surface area contributed by atoms with Crippen LogP contribution in [0.5, 0.6) is 0 Å². The zero-order valence-corrected chi connectivity index (χ0v) is 13.6. The molecule has 1 N–H and O–H groups in total. The summed E-state index contributed by atoms with van der Waals surface area (Å²) in [5, 5.41) is 3.44. The third-order valence-electron chi connectivity index (χ3n) is 4.39. The first-order valence-corrected chi connectivity index (χ1v) is 8.36. The molecule has 1 atom stereocenters. The van der Waals surface area contributed by atoms with Crippen LogP contribution in [0.1, 0.15) is 26.7 Å². The van der Waals surface area contributed by atoms with Crippen LogP contribution in [0.25, 0.3) is 0 Å². The first-order valence-electron chi connectivity index (χ1n) is 8.36. The van der Waals surface area contributed by atoms with Crippen LogP contribution in [0.4, 0.5) is 0 Å². The lowest BCUT2D eigenvalue weighted by molar-refractivity contribution is -0.0447. The summed E-state index contributed by atoms with van der Waals surface area (Å²) in [6.45, 7) is 13.6. The van der Waals surface area contributed by atoms with E-state index in [0.29, 0.717) is 6.10 Å². The monoisotopic (exact) mass is 283 g/mol. The van der Waals surface area contributed by atoms with Crippen molar-refractivity contribution in [1.29, 1.82) is 0 Å². The van der Waals surface area contributed by atoms with Crippen molar-refractivity contribution >= 4 is 0 Å². The van der Waals surface area contributed by atoms with Crippen molar-refractivity contribution < 1.29 is 4.74 Å². The van der Waals surface area contributed by atoms with Gasteiger partial charge in [-0.15, -0.1) is 0 Å². The maximum absolute atomic E-state index is 5.95. The Morgan fingerprint density at radius 3 is 2.70 bits per heavy atom. The molecule has 2 rings (SSSR count). The average molecular weight is 283 g/mol. The molecule has 2 aliphatic rings. The molecule has 0 amide bonds. The van der Waals surface area contributed by atoms with E-state index in [-0.39, 0.29) is 0 Å². The Hall–Kier alpha value is -0.160. The highest BCUT2D eigenvalue weighted by molar-refractivity contribution is 4.77. The van der Waals surface area contributed by atoms with E-state index in [1.54, 1.807) is 0 Å². The fourth-order valence-corrected chi connectivity index (χ4v) is 3.50. The van der Waals surface area contributed by atoms with Gasteiger partial charge in [-0.05, 0) is 44.8 Å². The quantitative estimate of drug-likeness (QED) is 0.795. The standard InChI is InChI=1S/C16H33N3O/c1-14(2)10-19-8-9-20-16(13-19)12-18(3)11-15-4-6-17-7-5-15/h14-17H,4-13H2,1-3H3. The molecule has 4 heteroatoms. The molecule has 2 aliphatic heterocycles. The van der Waals surface area contributed by atoms with E-state index in [2.05, 4.69) is 36.0 Å². The first kappa shape index (κ1) is 16.2. The van der Waals surface area contributed by atoms with E-state index in [1.807, 2.05) is 0 Å². The lowest BCUT2D eigenvalue weighted by Crippen LogP contribution is -2.48. The molecule has 0 saturated carbocycles. The summed E-state index contributed by atoms with van der Waals surface area (Å²) in [7, 11) is 2.26. The van der Waals surface area contributed by atoms with Crippen molar-refractivity contribution in [1.82, 2.24) is 15.1 Å². The van der Waals surface area contributed by atoms with Gasteiger partial charge in [0.05, 0.1) is 12.7 Å². The zero-order valence-electron chi connectivity index (χ0n) is 13.6. The molecule has 20 heavy (non-hydrogen) atoms. The maximum atomic E-state index is 5.95. The van der Waals surface area contributed by atoms with Gasteiger partial charge in [0.25, 0.3) is 0 Å². The number of rotatable bonds is 6. The normalized spacial score (nSPS) is 26.6. The van der Waals surface area contributed by atoms with Gasteiger partial charge >= 0.3 is 0 Å². The first-order chi connectivity index (χ1) is 9.63. The van der Waals surface area contributed by atoms with E-state index in [0.717, 1.165) is 38.1 Å². The summed E-state index contributed by atoms with van der Waals surface area (Å²) in [4.78, 5) is 5.05. The lowest BCUT2D eigenvalue weighted by atomic mass is 9.97. The summed E-state index contributed by atoms with van der Waals surface area (Å²) in [5.41, 5.74) is 0. The van der Waals surface area contributed by atoms with Crippen LogP contribution in [0.2, 0.25) is 0 Å². The van der Waals surface area contributed by atoms with E-state index in [1.165, 1.54) is 39.0 Å². The third-order valence-corrected chi connectivity index (χ3v) is 4.39. The Labute approximate surface area is 124 Å². The number of hydrogen-bond acceptors (Lipinski definition) is 4.